The normalized spacial score (nSPS) is 12.1. The number of rotatable bonds is 5. The molecule has 6 heteroatoms. The Labute approximate surface area is 140 Å². The fourth-order valence-electron chi connectivity index (χ4n) is 2.75. The van der Waals surface area contributed by atoms with Gasteiger partial charge in [0.15, 0.2) is 0 Å². The molecule has 3 rings (SSSR count). The van der Waals surface area contributed by atoms with E-state index in [1.807, 2.05) is 61.9 Å². The lowest BCUT2D eigenvalue weighted by molar-refractivity contribution is 0.0936. The van der Waals surface area contributed by atoms with Gasteiger partial charge in [-0.1, -0.05) is 30.3 Å². The summed E-state index contributed by atoms with van der Waals surface area (Å²) in [6, 6.07) is 11.7. The van der Waals surface area contributed by atoms with Crippen molar-refractivity contribution in [2.45, 2.75) is 33.4 Å². The summed E-state index contributed by atoms with van der Waals surface area (Å²) >= 11 is 0. The molecule has 0 spiro atoms. The number of H-pyrrole nitrogens is 1. The number of nitrogens with zero attached hydrogens (tertiary/aromatic N) is 3. The third-order valence-corrected chi connectivity index (χ3v) is 3.87. The molecular formula is C18H21N5O. The van der Waals surface area contributed by atoms with Crippen LogP contribution in [0.5, 0.6) is 0 Å². The van der Waals surface area contributed by atoms with Crippen LogP contribution in [0.25, 0.3) is 11.3 Å². The number of aromatic nitrogens is 4. The highest BCUT2D eigenvalue weighted by molar-refractivity contribution is 5.99. The average molecular weight is 323 g/mol. The number of aromatic amines is 1. The highest BCUT2D eigenvalue weighted by atomic mass is 16.1. The number of aryl methyl sites for hydroxylation is 2. The summed E-state index contributed by atoms with van der Waals surface area (Å²) in [5.41, 5.74) is 4.27. The van der Waals surface area contributed by atoms with Crippen molar-refractivity contribution in [1.82, 2.24) is 25.3 Å². The third-order valence-electron chi connectivity index (χ3n) is 3.87. The molecule has 1 aromatic carbocycles. The molecule has 0 radical (unpaired) electrons. The van der Waals surface area contributed by atoms with Gasteiger partial charge in [-0.25, -0.2) is 0 Å². The van der Waals surface area contributed by atoms with Crippen LogP contribution in [-0.2, 0) is 6.54 Å². The summed E-state index contributed by atoms with van der Waals surface area (Å²) < 4.78 is 1.91. The van der Waals surface area contributed by atoms with E-state index in [0.29, 0.717) is 12.1 Å². The van der Waals surface area contributed by atoms with Gasteiger partial charge >= 0.3 is 0 Å². The first kappa shape index (κ1) is 16.0. The van der Waals surface area contributed by atoms with E-state index in [1.54, 1.807) is 6.20 Å². The van der Waals surface area contributed by atoms with Crippen molar-refractivity contribution < 1.29 is 4.79 Å². The second-order valence-electron chi connectivity index (χ2n) is 6.01. The van der Waals surface area contributed by atoms with Crippen LogP contribution >= 0.6 is 0 Å². The summed E-state index contributed by atoms with van der Waals surface area (Å²) in [5.74, 6) is -0.142. The van der Waals surface area contributed by atoms with Crippen LogP contribution < -0.4 is 5.32 Å². The number of nitrogens with one attached hydrogen (secondary N) is 2. The first-order valence-corrected chi connectivity index (χ1v) is 7.95. The Morgan fingerprint density at radius 1 is 1.29 bits per heavy atom. The molecule has 3 aromatic rings. The van der Waals surface area contributed by atoms with Crippen LogP contribution in [0, 0.1) is 13.8 Å². The first-order valence-electron chi connectivity index (χ1n) is 7.95. The summed E-state index contributed by atoms with van der Waals surface area (Å²) in [6.45, 7) is 6.57. The van der Waals surface area contributed by atoms with E-state index < -0.39 is 0 Å². The Kier molecular flexibility index (Phi) is 4.46. The van der Waals surface area contributed by atoms with E-state index in [0.717, 1.165) is 22.6 Å². The van der Waals surface area contributed by atoms with E-state index >= 15 is 0 Å². The Balaban J connectivity index is 1.72. The topological polar surface area (TPSA) is 75.6 Å². The van der Waals surface area contributed by atoms with Crippen LogP contribution in [0.3, 0.4) is 0 Å². The van der Waals surface area contributed by atoms with Crippen molar-refractivity contribution >= 4 is 5.91 Å². The Bertz CT molecular complexity index is 834. The lowest BCUT2D eigenvalue weighted by atomic mass is 10.1. The van der Waals surface area contributed by atoms with E-state index in [1.165, 1.54) is 0 Å². The molecule has 2 aromatic heterocycles. The van der Waals surface area contributed by atoms with Gasteiger partial charge in [0.25, 0.3) is 5.91 Å². The van der Waals surface area contributed by atoms with Gasteiger partial charge in [0.2, 0.25) is 0 Å². The lowest BCUT2D eigenvalue weighted by Gasteiger charge is -2.15. The minimum atomic E-state index is -0.142. The van der Waals surface area contributed by atoms with Crippen molar-refractivity contribution in [2.75, 3.05) is 0 Å². The zero-order chi connectivity index (χ0) is 17.1. The SMILES string of the molecule is Cc1cc(C)n(C[C@@H](C)NC(=O)c2cn[nH]c2-c2ccccc2)n1. The number of benzene rings is 1. The molecule has 0 unspecified atom stereocenters. The average Bonchev–Trinajstić information content (AvgIpc) is 3.15. The second-order valence-corrected chi connectivity index (χ2v) is 6.01. The maximum atomic E-state index is 12.6. The second kappa shape index (κ2) is 6.70. The lowest BCUT2D eigenvalue weighted by Crippen LogP contribution is -2.36. The number of carbonyl (C=O) groups is 1. The number of amides is 1. The Morgan fingerprint density at radius 2 is 2.04 bits per heavy atom. The van der Waals surface area contributed by atoms with Crippen LogP contribution in [0.15, 0.2) is 42.6 Å². The van der Waals surface area contributed by atoms with E-state index in [4.69, 9.17) is 0 Å². The first-order chi connectivity index (χ1) is 11.5. The number of carbonyl (C=O) groups excluding carboxylic acids is 1. The van der Waals surface area contributed by atoms with E-state index in [-0.39, 0.29) is 11.9 Å². The highest BCUT2D eigenvalue weighted by Crippen LogP contribution is 2.20. The molecule has 1 amide bonds. The number of hydrogen-bond donors (Lipinski definition) is 2. The van der Waals surface area contributed by atoms with Gasteiger partial charge in [0.05, 0.1) is 29.7 Å². The zero-order valence-electron chi connectivity index (χ0n) is 14.1. The fourth-order valence-corrected chi connectivity index (χ4v) is 2.75. The molecule has 24 heavy (non-hydrogen) atoms. The van der Waals surface area contributed by atoms with Crippen LogP contribution in [0.2, 0.25) is 0 Å². The summed E-state index contributed by atoms with van der Waals surface area (Å²) in [5, 5.41) is 14.4. The van der Waals surface area contributed by atoms with Gasteiger partial charge in [-0.2, -0.15) is 10.2 Å². The molecular weight excluding hydrogens is 302 g/mol. The predicted octanol–water partition coefficient (Wildman–Crippen LogP) is 2.71. The predicted molar refractivity (Wildman–Crippen MR) is 92.7 cm³/mol. The molecule has 0 saturated carbocycles. The smallest absolute Gasteiger partial charge is 0.255 e. The molecule has 0 saturated heterocycles. The quantitative estimate of drug-likeness (QED) is 0.758. The van der Waals surface area contributed by atoms with Gasteiger partial charge in [-0.3, -0.25) is 14.6 Å². The van der Waals surface area contributed by atoms with Crippen LogP contribution in [-0.4, -0.2) is 31.9 Å². The Hall–Kier alpha value is -2.89. The van der Waals surface area contributed by atoms with Gasteiger partial charge < -0.3 is 5.32 Å². The molecule has 0 aliphatic heterocycles. The van der Waals surface area contributed by atoms with Crippen molar-refractivity contribution in [3.8, 4) is 11.3 Å². The molecule has 0 aliphatic carbocycles. The van der Waals surface area contributed by atoms with Crippen molar-refractivity contribution in [2.24, 2.45) is 0 Å². The molecule has 2 heterocycles. The molecule has 0 bridgehead atoms. The molecule has 0 fully saturated rings. The van der Waals surface area contributed by atoms with Gasteiger partial charge in [0.1, 0.15) is 0 Å². The minimum Gasteiger partial charge on any atom is -0.348 e. The van der Waals surface area contributed by atoms with Crippen molar-refractivity contribution in [3.05, 3.63) is 59.5 Å². The largest absolute Gasteiger partial charge is 0.348 e. The molecule has 1 atom stereocenters. The van der Waals surface area contributed by atoms with Crippen molar-refractivity contribution in [3.63, 3.8) is 0 Å². The fraction of sp³-hybridized carbons (Fsp3) is 0.278. The summed E-state index contributed by atoms with van der Waals surface area (Å²) in [4.78, 5) is 12.6. The third kappa shape index (κ3) is 3.37. The molecule has 2 N–H and O–H groups in total. The monoisotopic (exact) mass is 323 g/mol. The summed E-state index contributed by atoms with van der Waals surface area (Å²) in [6.07, 6.45) is 1.56. The minimum absolute atomic E-state index is 0.0472. The maximum Gasteiger partial charge on any atom is 0.255 e. The maximum absolute atomic E-state index is 12.6. The van der Waals surface area contributed by atoms with Gasteiger partial charge in [-0.15, -0.1) is 0 Å². The van der Waals surface area contributed by atoms with E-state index in [2.05, 4.69) is 20.6 Å². The molecule has 0 aliphatic rings. The van der Waals surface area contributed by atoms with Gasteiger partial charge in [-0.05, 0) is 26.8 Å². The number of hydrogen-bond acceptors (Lipinski definition) is 3. The van der Waals surface area contributed by atoms with Crippen LogP contribution in [0.1, 0.15) is 28.7 Å². The van der Waals surface area contributed by atoms with Crippen LogP contribution in [0.4, 0.5) is 0 Å². The Morgan fingerprint density at radius 3 is 2.71 bits per heavy atom. The summed E-state index contributed by atoms with van der Waals surface area (Å²) in [7, 11) is 0. The molecule has 6 nitrogen and oxygen atoms in total. The van der Waals surface area contributed by atoms with Crippen molar-refractivity contribution in [1.29, 1.82) is 0 Å². The molecule has 124 valence electrons. The standard InChI is InChI=1S/C18H21N5O/c1-12-9-14(3)23(22-12)11-13(2)20-18(24)16-10-19-21-17(16)15-7-5-4-6-8-15/h4-10,13H,11H2,1-3H3,(H,19,21)(H,20,24)/t13-/m1/s1. The highest BCUT2D eigenvalue weighted by Gasteiger charge is 2.17. The zero-order valence-corrected chi connectivity index (χ0v) is 14.1. The van der Waals surface area contributed by atoms with Gasteiger partial charge in [0, 0.05) is 17.3 Å². The van der Waals surface area contributed by atoms with E-state index in [9.17, 15) is 4.79 Å².